The molecule has 8 nitrogen and oxygen atoms in total. The van der Waals surface area contributed by atoms with Gasteiger partial charge >= 0.3 is 5.97 Å². The number of rotatable bonds is 7. The van der Waals surface area contributed by atoms with E-state index in [0.717, 1.165) is 0 Å². The Balaban J connectivity index is 1.29. The van der Waals surface area contributed by atoms with E-state index in [0.29, 0.717) is 16.1 Å². The first-order chi connectivity index (χ1) is 20.9. The van der Waals surface area contributed by atoms with Gasteiger partial charge in [-0.05, 0) is 37.3 Å². The molecule has 1 aliphatic carbocycles. The number of carboxylic acids is 1. The van der Waals surface area contributed by atoms with E-state index in [2.05, 4.69) is 10.6 Å². The molecule has 3 N–H and O–H groups in total. The normalized spacial score (nSPS) is 12.7. The Morgan fingerprint density at radius 3 is 1.89 bits per heavy atom. The van der Waals surface area contributed by atoms with E-state index in [9.17, 15) is 29.1 Å². The third-order valence-electron chi connectivity index (χ3n) is 6.71. The van der Waals surface area contributed by atoms with Crippen molar-refractivity contribution in [1.29, 1.82) is 0 Å². The Morgan fingerprint density at radius 1 is 0.705 bits per heavy atom. The van der Waals surface area contributed by atoms with Crippen molar-refractivity contribution in [3.63, 3.8) is 0 Å². The number of carbonyl (C=O) groups excluding carboxylic acids is 4. The van der Waals surface area contributed by atoms with Crippen molar-refractivity contribution in [2.24, 2.45) is 0 Å². The number of hydrogen-bond acceptors (Lipinski definition) is 6. The van der Waals surface area contributed by atoms with Crippen molar-refractivity contribution in [3.8, 4) is 0 Å². The molecule has 0 spiro atoms. The van der Waals surface area contributed by atoms with Gasteiger partial charge in [0.25, 0.3) is 5.91 Å². The summed E-state index contributed by atoms with van der Waals surface area (Å²) in [4.78, 5) is 64.8. The number of nitrogens with one attached hydrogen (secondary N) is 2. The monoisotopic (exact) mass is 686 g/mol. The molecule has 0 aromatic heterocycles. The van der Waals surface area contributed by atoms with Gasteiger partial charge in [-0.15, -0.1) is 11.8 Å². The van der Waals surface area contributed by atoms with Gasteiger partial charge < -0.3 is 15.7 Å². The number of ketones is 2. The second kappa shape index (κ2) is 12.6. The van der Waals surface area contributed by atoms with Gasteiger partial charge in [0.15, 0.2) is 11.6 Å². The van der Waals surface area contributed by atoms with Crippen LogP contribution in [0.1, 0.15) is 59.5 Å². The van der Waals surface area contributed by atoms with Crippen molar-refractivity contribution in [2.45, 2.75) is 17.1 Å². The van der Waals surface area contributed by atoms with E-state index in [1.165, 1.54) is 11.8 Å². The predicted molar refractivity (Wildman–Crippen MR) is 172 cm³/mol. The molecule has 1 aliphatic rings. The molecule has 0 heterocycles. The van der Waals surface area contributed by atoms with Crippen LogP contribution in [0.15, 0.2) is 71.6 Å². The fourth-order valence-electron chi connectivity index (χ4n) is 4.60. The summed E-state index contributed by atoms with van der Waals surface area (Å²) in [6.45, 7) is 1.68. The Kier molecular flexibility index (Phi) is 9.06. The van der Waals surface area contributed by atoms with Gasteiger partial charge in [0.1, 0.15) is 0 Å². The Hall–Kier alpha value is -3.86. The zero-order valence-electron chi connectivity index (χ0n) is 22.3. The molecule has 0 saturated heterocycles. The maximum absolute atomic E-state index is 13.2. The molecule has 5 rings (SSSR count). The number of hydrogen-bond donors (Lipinski definition) is 3. The molecule has 0 radical (unpaired) electrons. The van der Waals surface area contributed by atoms with E-state index < -0.39 is 39.2 Å². The van der Waals surface area contributed by atoms with Crippen molar-refractivity contribution in [1.82, 2.24) is 0 Å². The summed E-state index contributed by atoms with van der Waals surface area (Å²) in [5.41, 5.74) is 0.478. The second-order valence-electron chi connectivity index (χ2n) is 9.47. The molecule has 4 aromatic carbocycles. The maximum atomic E-state index is 13.2. The van der Waals surface area contributed by atoms with Crippen LogP contribution in [-0.2, 0) is 4.79 Å². The second-order valence-corrected chi connectivity index (χ2v) is 12.4. The lowest BCUT2D eigenvalue weighted by molar-refractivity contribution is -0.115. The molecule has 13 heteroatoms. The lowest BCUT2D eigenvalue weighted by Crippen LogP contribution is -2.27. The van der Waals surface area contributed by atoms with Crippen LogP contribution in [0.2, 0.25) is 20.1 Å². The third kappa shape index (κ3) is 5.81. The topological polar surface area (TPSA) is 130 Å². The van der Waals surface area contributed by atoms with Crippen LogP contribution >= 0.6 is 58.2 Å². The first kappa shape index (κ1) is 31.6. The quantitative estimate of drug-likeness (QED) is 0.0894. The smallest absolute Gasteiger partial charge is 0.338 e. The van der Waals surface area contributed by atoms with Gasteiger partial charge in [0.2, 0.25) is 5.91 Å². The zero-order valence-corrected chi connectivity index (χ0v) is 26.2. The van der Waals surface area contributed by atoms with Crippen molar-refractivity contribution in [3.05, 3.63) is 120 Å². The summed E-state index contributed by atoms with van der Waals surface area (Å²) in [7, 11) is 0. The van der Waals surface area contributed by atoms with Gasteiger partial charge in [0, 0.05) is 27.3 Å². The number of amides is 2. The number of fused-ring (bicyclic) bond motifs is 2. The third-order valence-corrected chi connectivity index (χ3v) is 9.63. The molecule has 1 unspecified atom stereocenters. The van der Waals surface area contributed by atoms with Gasteiger partial charge in [-0.3, -0.25) is 19.2 Å². The SMILES string of the molecule is CC(Sc1ccc(NC(=O)c2c(Cl)c(Cl)c(Cl)c(Cl)c2C(=O)O)cc1)C(=O)Nc1cccc2c1C(=O)c1ccccc1C2=O. The highest BCUT2D eigenvalue weighted by molar-refractivity contribution is 8.00. The fourth-order valence-corrected chi connectivity index (χ4v) is 6.48. The molecule has 2 amide bonds. The van der Waals surface area contributed by atoms with Gasteiger partial charge in [0.05, 0.1) is 47.7 Å². The van der Waals surface area contributed by atoms with Crippen molar-refractivity contribution < 1.29 is 29.1 Å². The molecule has 0 bridgehead atoms. The largest absolute Gasteiger partial charge is 0.478 e. The van der Waals surface area contributed by atoms with Crippen LogP contribution in [0.5, 0.6) is 0 Å². The molecule has 44 heavy (non-hydrogen) atoms. The minimum absolute atomic E-state index is 0.149. The lowest BCUT2D eigenvalue weighted by atomic mass is 9.83. The van der Waals surface area contributed by atoms with Crippen molar-refractivity contribution >= 4 is 98.9 Å². The summed E-state index contributed by atoms with van der Waals surface area (Å²) in [5, 5.41) is 13.0. The van der Waals surface area contributed by atoms with Crippen LogP contribution in [0.3, 0.4) is 0 Å². The van der Waals surface area contributed by atoms with Gasteiger partial charge in [-0.25, -0.2) is 4.79 Å². The summed E-state index contributed by atoms with van der Waals surface area (Å²) in [5.74, 6) is -3.42. The van der Waals surface area contributed by atoms with E-state index in [1.807, 2.05) is 0 Å². The minimum Gasteiger partial charge on any atom is -0.478 e. The van der Waals surface area contributed by atoms with Crippen LogP contribution < -0.4 is 10.6 Å². The van der Waals surface area contributed by atoms with E-state index >= 15 is 0 Å². The highest BCUT2D eigenvalue weighted by Gasteiger charge is 2.32. The lowest BCUT2D eigenvalue weighted by Gasteiger charge is -2.21. The molecule has 0 fully saturated rings. The molecule has 222 valence electrons. The average Bonchev–Trinajstić information content (AvgIpc) is 3.01. The molecule has 1 atom stereocenters. The predicted octanol–water partition coefficient (Wildman–Crippen LogP) is 8.15. The Labute approximate surface area is 274 Å². The minimum atomic E-state index is -1.52. The molecular formula is C31H18Cl4N2O6S. The molecule has 4 aromatic rings. The summed E-state index contributed by atoms with van der Waals surface area (Å²) in [6.07, 6.45) is 0. The number of carbonyl (C=O) groups is 5. The van der Waals surface area contributed by atoms with E-state index in [4.69, 9.17) is 46.4 Å². The zero-order chi connectivity index (χ0) is 31.9. The molecular weight excluding hydrogens is 670 g/mol. The first-order valence-electron chi connectivity index (χ1n) is 12.7. The van der Waals surface area contributed by atoms with E-state index in [-0.39, 0.29) is 49.0 Å². The number of anilines is 2. The Bertz CT molecular complexity index is 1910. The average molecular weight is 688 g/mol. The van der Waals surface area contributed by atoms with Crippen LogP contribution in [-0.4, -0.2) is 39.7 Å². The van der Waals surface area contributed by atoms with Crippen molar-refractivity contribution in [2.75, 3.05) is 10.6 Å². The fraction of sp³-hybridized carbons (Fsp3) is 0.0645. The van der Waals surface area contributed by atoms with Gasteiger partial charge in [-0.1, -0.05) is 82.8 Å². The van der Waals surface area contributed by atoms with Crippen LogP contribution in [0, 0.1) is 0 Å². The highest BCUT2D eigenvalue weighted by Crippen LogP contribution is 2.42. The van der Waals surface area contributed by atoms with Gasteiger partial charge in [-0.2, -0.15) is 0 Å². The molecule has 0 saturated carbocycles. The summed E-state index contributed by atoms with van der Waals surface area (Å²) < 4.78 is 0. The van der Waals surface area contributed by atoms with Crippen LogP contribution in [0.25, 0.3) is 0 Å². The summed E-state index contributed by atoms with van der Waals surface area (Å²) in [6, 6.07) is 17.7. The number of benzene rings is 4. The summed E-state index contributed by atoms with van der Waals surface area (Å²) >= 11 is 25.4. The molecule has 0 aliphatic heterocycles. The van der Waals surface area contributed by atoms with Crippen LogP contribution in [0.4, 0.5) is 11.4 Å². The maximum Gasteiger partial charge on any atom is 0.338 e. The number of carboxylic acid groups (broad SMARTS) is 1. The number of thioether (sulfide) groups is 1. The van der Waals surface area contributed by atoms with E-state index in [1.54, 1.807) is 73.7 Å². The highest BCUT2D eigenvalue weighted by atomic mass is 35.5. The first-order valence-corrected chi connectivity index (χ1v) is 15.1. The number of halogens is 4. The number of aromatic carboxylic acids is 1. The standard InChI is InChI=1S/C31H18Cl4N2O6S/c1-13(29(40)37-19-8-4-7-18-20(19)28(39)17-6-3-2-5-16(17)27(18)38)44-15-11-9-14(10-12-15)36-30(41)21-22(31(42)43)24(33)26(35)25(34)23(21)32/h2-13H,1H3,(H,36,41)(H,37,40)(H,42,43). The Morgan fingerprint density at radius 2 is 1.27 bits per heavy atom.